The third kappa shape index (κ3) is 2.90. The van der Waals surface area contributed by atoms with Crippen LogP contribution in [0.3, 0.4) is 0 Å². The number of carbonyl (C=O) groups excluding carboxylic acids is 1. The first-order valence-corrected chi connectivity index (χ1v) is 6.14. The first-order chi connectivity index (χ1) is 8.68. The molecule has 1 amide bonds. The summed E-state index contributed by atoms with van der Waals surface area (Å²) in [7, 11) is 0. The van der Waals surface area contributed by atoms with E-state index in [0.717, 1.165) is 10.9 Å². The van der Waals surface area contributed by atoms with Gasteiger partial charge in [0, 0.05) is 18.1 Å². The van der Waals surface area contributed by atoms with E-state index in [1.54, 1.807) is 0 Å². The number of H-pyrrole nitrogens is 1. The molecule has 96 valence electrons. The Kier molecular flexibility index (Phi) is 3.99. The van der Waals surface area contributed by atoms with E-state index in [1.165, 1.54) is 0 Å². The van der Waals surface area contributed by atoms with Crippen LogP contribution < -0.4 is 5.32 Å². The lowest BCUT2D eigenvalue weighted by Crippen LogP contribution is -2.28. The standard InChI is InChI=1S/C14H18N2O2/c1-10(2)18-9-8-16-14(17)12-5-3-4-11-6-7-15-13(11)12/h3-7,10,15H,8-9H2,1-2H3,(H,16,17). The molecule has 4 nitrogen and oxygen atoms in total. The Labute approximate surface area is 106 Å². The number of nitrogens with one attached hydrogen (secondary N) is 2. The van der Waals surface area contributed by atoms with Crippen molar-refractivity contribution in [3.63, 3.8) is 0 Å². The number of para-hydroxylation sites is 1. The number of fused-ring (bicyclic) bond motifs is 1. The minimum atomic E-state index is -0.0737. The molecule has 0 bridgehead atoms. The predicted octanol–water partition coefficient (Wildman–Crippen LogP) is 2.32. The third-order valence-corrected chi connectivity index (χ3v) is 2.67. The topological polar surface area (TPSA) is 54.1 Å². The highest BCUT2D eigenvalue weighted by Crippen LogP contribution is 2.16. The van der Waals surface area contributed by atoms with Gasteiger partial charge in [-0.25, -0.2) is 0 Å². The van der Waals surface area contributed by atoms with Crippen LogP contribution >= 0.6 is 0 Å². The van der Waals surface area contributed by atoms with Gasteiger partial charge in [-0.3, -0.25) is 4.79 Å². The monoisotopic (exact) mass is 246 g/mol. The Morgan fingerprint density at radius 1 is 1.39 bits per heavy atom. The zero-order valence-corrected chi connectivity index (χ0v) is 10.7. The molecule has 0 saturated carbocycles. The molecule has 2 N–H and O–H groups in total. The van der Waals surface area contributed by atoms with Gasteiger partial charge in [-0.1, -0.05) is 12.1 Å². The van der Waals surface area contributed by atoms with Gasteiger partial charge >= 0.3 is 0 Å². The highest BCUT2D eigenvalue weighted by Gasteiger charge is 2.09. The number of carbonyl (C=O) groups is 1. The number of aromatic amines is 1. The second kappa shape index (κ2) is 5.69. The average molecular weight is 246 g/mol. The van der Waals surface area contributed by atoms with Crippen molar-refractivity contribution in [2.75, 3.05) is 13.2 Å². The molecule has 0 saturated heterocycles. The zero-order valence-electron chi connectivity index (χ0n) is 10.7. The molecule has 0 aliphatic heterocycles. The highest BCUT2D eigenvalue weighted by molar-refractivity contribution is 6.05. The van der Waals surface area contributed by atoms with Crippen LogP contribution in [-0.2, 0) is 4.74 Å². The van der Waals surface area contributed by atoms with Crippen molar-refractivity contribution in [3.05, 3.63) is 36.0 Å². The summed E-state index contributed by atoms with van der Waals surface area (Å²) in [5.41, 5.74) is 1.54. The predicted molar refractivity (Wildman–Crippen MR) is 71.7 cm³/mol. The Morgan fingerprint density at radius 2 is 2.22 bits per heavy atom. The van der Waals surface area contributed by atoms with Crippen LogP contribution in [0.4, 0.5) is 0 Å². The second-order valence-corrected chi connectivity index (χ2v) is 4.42. The minimum Gasteiger partial charge on any atom is -0.377 e. The van der Waals surface area contributed by atoms with Crippen LogP contribution in [-0.4, -0.2) is 30.1 Å². The van der Waals surface area contributed by atoms with E-state index in [4.69, 9.17) is 4.74 Å². The van der Waals surface area contributed by atoms with E-state index in [9.17, 15) is 4.79 Å². The fraction of sp³-hybridized carbons (Fsp3) is 0.357. The van der Waals surface area contributed by atoms with Crippen LogP contribution in [0.15, 0.2) is 30.5 Å². The summed E-state index contributed by atoms with van der Waals surface area (Å²) in [6.45, 7) is 5.00. The zero-order chi connectivity index (χ0) is 13.0. The number of benzene rings is 1. The van der Waals surface area contributed by atoms with Crippen molar-refractivity contribution in [1.29, 1.82) is 0 Å². The van der Waals surface area contributed by atoms with Gasteiger partial charge in [0.15, 0.2) is 0 Å². The van der Waals surface area contributed by atoms with E-state index in [1.807, 2.05) is 44.3 Å². The smallest absolute Gasteiger partial charge is 0.253 e. The number of amides is 1. The maximum Gasteiger partial charge on any atom is 0.253 e. The van der Waals surface area contributed by atoms with Gasteiger partial charge in [-0.2, -0.15) is 0 Å². The Hall–Kier alpha value is -1.81. The Balaban J connectivity index is 1.98. The van der Waals surface area contributed by atoms with Gasteiger partial charge < -0.3 is 15.0 Å². The van der Waals surface area contributed by atoms with Crippen LogP contribution in [0.1, 0.15) is 24.2 Å². The molecule has 4 heteroatoms. The van der Waals surface area contributed by atoms with Crippen molar-refractivity contribution < 1.29 is 9.53 Å². The lowest BCUT2D eigenvalue weighted by Gasteiger charge is -2.09. The van der Waals surface area contributed by atoms with Crippen molar-refractivity contribution in [1.82, 2.24) is 10.3 Å². The normalized spacial score (nSPS) is 11.1. The quantitative estimate of drug-likeness (QED) is 0.795. The first-order valence-electron chi connectivity index (χ1n) is 6.14. The van der Waals surface area contributed by atoms with Gasteiger partial charge in [-0.15, -0.1) is 0 Å². The molecule has 0 atom stereocenters. The molecule has 0 aliphatic rings. The molecule has 2 rings (SSSR count). The summed E-state index contributed by atoms with van der Waals surface area (Å²) < 4.78 is 5.38. The number of hydrogen-bond donors (Lipinski definition) is 2. The van der Waals surface area contributed by atoms with E-state index in [0.29, 0.717) is 18.7 Å². The number of hydrogen-bond acceptors (Lipinski definition) is 2. The van der Waals surface area contributed by atoms with E-state index < -0.39 is 0 Å². The van der Waals surface area contributed by atoms with Crippen molar-refractivity contribution in [2.24, 2.45) is 0 Å². The Morgan fingerprint density at radius 3 is 3.00 bits per heavy atom. The van der Waals surface area contributed by atoms with Crippen LogP contribution in [0.2, 0.25) is 0 Å². The molecule has 1 heterocycles. The molecule has 2 aromatic rings. The van der Waals surface area contributed by atoms with Gasteiger partial charge in [0.1, 0.15) is 0 Å². The molecule has 1 aromatic carbocycles. The number of aromatic nitrogens is 1. The summed E-state index contributed by atoms with van der Waals surface area (Å²) in [5.74, 6) is -0.0737. The lowest BCUT2D eigenvalue weighted by molar-refractivity contribution is 0.0747. The van der Waals surface area contributed by atoms with E-state index in [2.05, 4.69) is 10.3 Å². The van der Waals surface area contributed by atoms with Gasteiger partial charge in [0.05, 0.1) is 23.8 Å². The number of rotatable bonds is 5. The van der Waals surface area contributed by atoms with Crippen LogP contribution in [0, 0.1) is 0 Å². The summed E-state index contributed by atoms with van der Waals surface area (Å²) >= 11 is 0. The second-order valence-electron chi connectivity index (χ2n) is 4.42. The maximum atomic E-state index is 12.0. The largest absolute Gasteiger partial charge is 0.377 e. The van der Waals surface area contributed by atoms with Crippen molar-refractivity contribution >= 4 is 16.8 Å². The SMILES string of the molecule is CC(C)OCCNC(=O)c1cccc2cc[nH]c12. The fourth-order valence-electron chi connectivity index (χ4n) is 1.83. The molecule has 0 aliphatic carbocycles. The molecule has 0 fully saturated rings. The molecule has 1 aromatic heterocycles. The summed E-state index contributed by atoms with van der Waals surface area (Å²) in [4.78, 5) is 15.1. The molecular formula is C14H18N2O2. The first kappa shape index (κ1) is 12.6. The molecule has 0 radical (unpaired) electrons. The third-order valence-electron chi connectivity index (χ3n) is 2.67. The molecular weight excluding hydrogens is 228 g/mol. The van der Waals surface area contributed by atoms with Crippen molar-refractivity contribution in [2.45, 2.75) is 20.0 Å². The maximum absolute atomic E-state index is 12.0. The minimum absolute atomic E-state index is 0.0737. The summed E-state index contributed by atoms with van der Waals surface area (Å²) in [6.07, 6.45) is 2.03. The van der Waals surface area contributed by atoms with Crippen LogP contribution in [0.25, 0.3) is 10.9 Å². The summed E-state index contributed by atoms with van der Waals surface area (Å²) in [6, 6.07) is 7.63. The number of ether oxygens (including phenoxy) is 1. The average Bonchev–Trinajstić information content (AvgIpc) is 2.82. The van der Waals surface area contributed by atoms with Gasteiger partial charge in [-0.05, 0) is 26.0 Å². The van der Waals surface area contributed by atoms with E-state index in [-0.39, 0.29) is 12.0 Å². The molecule has 18 heavy (non-hydrogen) atoms. The lowest BCUT2D eigenvalue weighted by atomic mass is 10.1. The van der Waals surface area contributed by atoms with Crippen molar-refractivity contribution in [3.8, 4) is 0 Å². The Bertz CT molecular complexity index is 531. The van der Waals surface area contributed by atoms with Gasteiger partial charge in [0.2, 0.25) is 0 Å². The van der Waals surface area contributed by atoms with E-state index >= 15 is 0 Å². The fourth-order valence-corrected chi connectivity index (χ4v) is 1.83. The molecule has 0 spiro atoms. The molecule has 0 unspecified atom stereocenters. The van der Waals surface area contributed by atoms with Crippen LogP contribution in [0.5, 0.6) is 0 Å². The highest BCUT2D eigenvalue weighted by atomic mass is 16.5. The summed E-state index contributed by atoms with van der Waals surface area (Å²) in [5, 5.41) is 3.89. The van der Waals surface area contributed by atoms with Gasteiger partial charge in [0.25, 0.3) is 5.91 Å².